The largest absolute Gasteiger partial charge is 0.374 e. The Morgan fingerprint density at radius 3 is 0.986 bits per heavy atom. The lowest BCUT2D eigenvalue weighted by Gasteiger charge is -2.54. The Morgan fingerprint density at radius 2 is 0.683 bits per heavy atom. The Balaban J connectivity index is 0.000000185. The van der Waals surface area contributed by atoms with E-state index in [1.165, 1.54) is 172 Å². The maximum atomic E-state index is 14.9. The highest BCUT2D eigenvalue weighted by atomic mass is 19.1. The van der Waals surface area contributed by atoms with Crippen LogP contribution in [0.15, 0.2) is 36.4 Å². The van der Waals surface area contributed by atoms with Gasteiger partial charge in [0, 0.05) is 162 Å². The number of likely N-dealkylation sites (tertiary alicyclic amines) is 2. The molecule has 3 aliphatic heterocycles. The Hall–Kier alpha value is -5.83. The van der Waals surface area contributed by atoms with Crippen LogP contribution in [0.5, 0.6) is 0 Å². The minimum atomic E-state index is -0.742. The quantitative estimate of drug-likeness (QED) is 0.109. The van der Waals surface area contributed by atoms with Gasteiger partial charge in [0.05, 0.1) is 89.3 Å². The summed E-state index contributed by atoms with van der Waals surface area (Å²) >= 11 is 0. The highest BCUT2D eigenvalue weighted by molar-refractivity contribution is 5.31. The lowest BCUT2D eigenvalue weighted by atomic mass is 9.54. The van der Waals surface area contributed by atoms with Gasteiger partial charge in [-0.2, -0.15) is 35.7 Å². The summed E-state index contributed by atoms with van der Waals surface area (Å²) in [5, 5.41) is 34.4. The van der Waals surface area contributed by atoms with E-state index in [-0.39, 0.29) is 87.7 Å². The van der Waals surface area contributed by atoms with Gasteiger partial charge < -0.3 is 19.4 Å². The Bertz CT molecular complexity index is 5070. The summed E-state index contributed by atoms with van der Waals surface area (Å²) in [5.41, 5.74) is 18.7. The van der Waals surface area contributed by atoms with E-state index >= 15 is 0 Å². The summed E-state index contributed by atoms with van der Waals surface area (Å²) in [4.78, 5) is 7.17. The fourth-order valence-electron chi connectivity index (χ4n) is 21.7. The van der Waals surface area contributed by atoms with Gasteiger partial charge in [0.25, 0.3) is 0 Å². The number of aromatic nitrogens is 14. The minimum Gasteiger partial charge on any atom is -0.374 e. The van der Waals surface area contributed by atoms with Crippen molar-refractivity contribution in [2.24, 2.45) is 23.2 Å². The van der Waals surface area contributed by atoms with Crippen LogP contribution in [0.25, 0.3) is 0 Å². The molecule has 142 heavy (non-hydrogen) atoms. The van der Waals surface area contributed by atoms with Crippen LogP contribution in [-0.4, -0.2) is 161 Å². The first-order chi connectivity index (χ1) is 64.6. The SMILES string of the molecule is CC(C)(C)c1cc(C(C)(C)C)n(C2CC3(CCC3)C2)n1.CC(C)(C)c1nn(C2CCCC2)c(C(C)(C)C)c1F.CC(F)CN1CCC(n2nc(C(C)(C)C)cc2C(C)(C)C)CC1.CC1CC(Cn2nc(C(C)(C)C)cc2C(C)(C)C)C1.CC1CC(n2nc(C(C)(C)C)cc2C(C)(C)C)C1.CCCN1CCC(n2nc(C(C)(C)C)cc2C(C)(C)C)CC1.CN1CCOC(Cn2nc(C(C)(C)C)cc2C(C)(C)C)C1. The predicted molar refractivity (Wildman–Crippen MR) is 596 cm³/mol. The molecule has 7 aromatic heterocycles. The molecule has 5 saturated carbocycles. The molecule has 808 valence electrons. The smallest absolute Gasteiger partial charge is 0.168 e. The van der Waals surface area contributed by atoms with Gasteiger partial charge in [-0.25, -0.2) is 8.78 Å². The van der Waals surface area contributed by atoms with Gasteiger partial charge in [0.1, 0.15) is 11.9 Å². The second-order valence-electron chi connectivity index (χ2n) is 60.3. The van der Waals surface area contributed by atoms with E-state index in [1.807, 2.05) is 25.5 Å². The summed E-state index contributed by atoms with van der Waals surface area (Å²) in [6.45, 7) is 113. The molecule has 0 N–H and O–H groups in total. The molecule has 2 unspecified atom stereocenters. The van der Waals surface area contributed by atoms with Crippen molar-refractivity contribution in [3.05, 3.63) is 122 Å². The van der Waals surface area contributed by atoms with E-state index in [4.69, 9.17) is 35.3 Å². The standard InChI is InChI=1S/C19H34FN3.C19H35N3.C18H30N2.C17H31N3O.C17H30N2.C16H27FN2.C16H28N2/c1-14(20)13-22-10-8-15(9-11-22)23-17(19(5,6)7)12-16(21-23)18(2,3)4;1-8-11-21-12-9-15(10-13-21)22-17(19(5,6)7)14-16(20-22)18(2,3)4;1-16(2,3)14-10-15(17(4,5)6)20(19-14)13-11-18(12-13)8-7-9-18;1-16(2,3)14-10-15(17(4,5)6)20(18-14)12-13-11-19(7)8-9-21-13;1-12-8-13(9-12)11-19-15(17(5,6)7)10-14(18-19)16(2,3)4;1-15(2,3)13-12(17)14(16(4,5)6)19(18-13)11-9-7-8-10-11;1-11-8-12(9-11)18-14(16(5,6)7)10-13(17-18)15(2,3)4/h12,14-15H,8-11,13H2,1-7H3;14-15H,8-13H2,1-7H3;10,13H,7-9,11-12H2,1-6H3;10,13H,8-9,11-12H2,1-7H3;10,12-13H,8-9,11H2,1-7H3;11H,7-10H2,1-6H3;10-12H,8-9H2,1-7H3. The van der Waals surface area contributed by atoms with Gasteiger partial charge in [-0.1, -0.05) is 331 Å². The lowest BCUT2D eigenvalue weighted by molar-refractivity contribution is -0.0297. The van der Waals surface area contributed by atoms with Crippen molar-refractivity contribution in [2.75, 3.05) is 66.0 Å². The maximum Gasteiger partial charge on any atom is 0.168 e. The highest BCUT2D eigenvalue weighted by Gasteiger charge is 2.51. The van der Waals surface area contributed by atoms with Crippen LogP contribution in [0.4, 0.5) is 8.78 Å². The zero-order valence-electron chi connectivity index (χ0n) is 101. The summed E-state index contributed by atoms with van der Waals surface area (Å²) in [6.07, 6.45) is 22.5. The van der Waals surface area contributed by atoms with E-state index in [2.05, 4.69) is 382 Å². The number of rotatable bonds is 13. The summed E-state index contributed by atoms with van der Waals surface area (Å²) in [7, 11) is 2.16. The molecule has 15 rings (SSSR count). The maximum absolute atomic E-state index is 14.9. The summed E-state index contributed by atoms with van der Waals surface area (Å²) in [5.74, 6) is 2.53. The zero-order valence-corrected chi connectivity index (χ0v) is 101. The molecular formula is C122H215F2N17O. The van der Waals surface area contributed by atoms with Crippen molar-refractivity contribution in [1.82, 2.24) is 83.2 Å². The molecule has 0 radical (unpaired) electrons. The number of morpholine rings is 1. The summed E-state index contributed by atoms with van der Waals surface area (Å²) in [6, 6.07) is 16.6. The number of hydrogen-bond acceptors (Lipinski definition) is 11. The zero-order chi connectivity index (χ0) is 107. The Labute approximate surface area is 868 Å². The van der Waals surface area contributed by atoms with E-state index in [0.717, 1.165) is 101 Å². The number of alkyl halides is 1. The van der Waals surface area contributed by atoms with Crippen LogP contribution in [0.2, 0.25) is 0 Å². The second-order valence-corrected chi connectivity index (χ2v) is 60.3. The molecular weight excluding hydrogens is 1760 g/mol. The molecule has 0 aromatic carbocycles. The first-order valence-corrected chi connectivity index (χ1v) is 56.3. The topological polar surface area (TPSA) is 144 Å². The molecule has 7 aromatic rings. The van der Waals surface area contributed by atoms with Gasteiger partial charge in [-0.3, -0.25) is 32.8 Å². The third-order valence-corrected chi connectivity index (χ3v) is 30.9. The normalized spacial score (nSPS) is 21.5. The number of piperidine rings is 2. The van der Waals surface area contributed by atoms with Crippen molar-refractivity contribution in [2.45, 2.75) is 565 Å². The number of likely N-dealkylation sites (N-methyl/N-ethyl adjacent to an activating group) is 1. The first kappa shape index (κ1) is 120. The molecule has 0 bridgehead atoms. The average Bonchev–Trinajstić information content (AvgIpc) is 1.44. The van der Waals surface area contributed by atoms with Crippen molar-refractivity contribution in [3.63, 3.8) is 0 Å². The number of nitrogens with zero attached hydrogens (tertiary/aromatic N) is 17. The van der Waals surface area contributed by atoms with Gasteiger partial charge in [-0.15, -0.1) is 0 Å². The molecule has 18 nitrogen and oxygen atoms in total. The summed E-state index contributed by atoms with van der Waals surface area (Å²) < 4.78 is 49.8. The fraction of sp³-hybridized carbons (Fsp3) is 0.828. The van der Waals surface area contributed by atoms with Crippen LogP contribution in [0.3, 0.4) is 0 Å². The third kappa shape index (κ3) is 32.1. The molecule has 8 aliphatic rings. The Morgan fingerprint density at radius 1 is 0.359 bits per heavy atom. The van der Waals surface area contributed by atoms with Crippen molar-refractivity contribution in [3.8, 4) is 0 Å². The lowest BCUT2D eigenvalue weighted by Crippen LogP contribution is -2.44. The molecule has 3 saturated heterocycles. The minimum absolute atomic E-state index is 0.0651. The van der Waals surface area contributed by atoms with Gasteiger partial charge in [-0.05, 0) is 176 Å². The molecule has 0 amide bonds. The van der Waals surface area contributed by atoms with Crippen LogP contribution in [0.1, 0.15) is 544 Å². The number of halogens is 2. The van der Waals surface area contributed by atoms with E-state index in [9.17, 15) is 8.78 Å². The highest BCUT2D eigenvalue weighted by Crippen LogP contribution is 2.61. The Kier molecular flexibility index (Phi) is 38.1. The van der Waals surface area contributed by atoms with Gasteiger partial charge in [0.2, 0.25) is 0 Å². The van der Waals surface area contributed by atoms with Crippen LogP contribution in [-0.2, 0) is 93.6 Å². The van der Waals surface area contributed by atoms with E-state index in [1.54, 1.807) is 6.92 Å². The van der Waals surface area contributed by atoms with Gasteiger partial charge >= 0.3 is 0 Å². The molecule has 1 spiro atoms. The third-order valence-electron chi connectivity index (χ3n) is 30.9. The monoisotopic (exact) mass is 1970 g/mol. The average molecular weight is 1970 g/mol. The molecule has 20 heteroatoms. The van der Waals surface area contributed by atoms with Crippen molar-refractivity contribution < 1.29 is 13.5 Å². The van der Waals surface area contributed by atoms with Crippen LogP contribution in [0, 0.1) is 29.0 Å². The number of ether oxygens (including phenoxy) is 1. The van der Waals surface area contributed by atoms with E-state index in [0.29, 0.717) is 47.9 Å². The van der Waals surface area contributed by atoms with Crippen molar-refractivity contribution >= 4 is 0 Å². The van der Waals surface area contributed by atoms with Crippen LogP contribution >= 0.6 is 0 Å². The van der Waals surface area contributed by atoms with Crippen molar-refractivity contribution in [1.29, 1.82) is 0 Å². The molecule has 2 atom stereocenters. The van der Waals surface area contributed by atoms with Crippen LogP contribution < -0.4 is 0 Å². The number of hydrogen-bond donors (Lipinski definition) is 0. The fourth-order valence-corrected chi connectivity index (χ4v) is 21.7. The molecule has 5 aliphatic carbocycles. The van der Waals surface area contributed by atoms with Gasteiger partial charge in [0.15, 0.2) is 5.82 Å². The first-order valence-electron chi connectivity index (χ1n) is 56.3. The molecule has 10 heterocycles. The predicted octanol–water partition coefficient (Wildman–Crippen LogP) is 30.5. The second kappa shape index (κ2) is 45.1. The van der Waals surface area contributed by atoms with E-state index < -0.39 is 6.17 Å². The molecule has 8 fully saturated rings.